The van der Waals surface area contributed by atoms with E-state index in [9.17, 15) is 4.79 Å². The van der Waals surface area contributed by atoms with Crippen molar-refractivity contribution in [2.24, 2.45) is 0 Å². The summed E-state index contributed by atoms with van der Waals surface area (Å²) >= 11 is 0. The lowest BCUT2D eigenvalue weighted by Crippen LogP contribution is -2.45. The van der Waals surface area contributed by atoms with Crippen molar-refractivity contribution < 1.29 is 14.8 Å². The first-order valence-electron chi connectivity index (χ1n) is 3.46. The van der Waals surface area contributed by atoms with Crippen molar-refractivity contribution in [3.8, 4) is 0 Å². The van der Waals surface area contributed by atoms with E-state index in [2.05, 4.69) is 0 Å². The van der Waals surface area contributed by atoms with Crippen molar-refractivity contribution in [2.45, 2.75) is 13.8 Å². The topological polar surface area (TPSA) is 63.0 Å². The molecule has 1 amide bonds. The van der Waals surface area contributed by atoms with Crippen molar-refractivity contribution in [1.82, 2.24) is 4.90 Å². The Bertz CT molecular complexity index is 171. The summed E-state index contributed by atoms with van der Waals surface area (Å²) in [6.45, 7) is 5.40. The SMILES string of the molecule is CC(=[NH2+])CN(C)C(C)=O.CP=O. The maximum Gasteiger partial charge on any atom is 0.219 e. The molecule has 0 aliphatic heterocycles. The fourth-order valence-corrected chi connectivity index (χ4v) is 0.485. The molecule has 0 aliphatic carbocycles. The minimum absolute atomic E-state index is 0.0415. The van der Waals surface area contributed by atoms with E-state index < -0.39 is 0 Å². The fraction of sp³-hybridized carbons (Fsp3) is 0.714. The Kier molecular flexibility index (Phi) is 9.59. The van der Waals surface area contributed by atoms with Crippen LogP contribution < -0.4 is 5.41 Å². The molecule has 0 rings (SSSR count). The zero-order chi connectivity index (χ0) is 10.1. The van der Waals surface area contributed by atoms with Gasteiger partial charge in [0.2, 0.25) is 5.91 Å². The Morgan fingerprint density at radius 2 is 1.83 bits per heavy atom. The largest absolute Gasteiger partial charge is 0.336 e. The molecule has 0 aromatic rings. The highest BCUT2D eigenvalue weighted by atomic mass is 31.1. The molecule has 0 spiro atoms. The Balaban J connectivity index is 0. The predicted octanol–water partition coefficient (Wildman–Crippen LogP) is -0.407. The predicted molar refractivity (Wildman–Crippen MR) is 49.4 cm³/mol. The first kappa shape index (κ1) is 13.8. The van der Waals surface area contributed by atoms with Crippen LogP contribution in [0.25, 0.3) is 0 Å². The maximum absolute atomic E-state index is 10.5. The molecule has 0 bridgehead atoms. The highest BCUT2D eigenvalue weighted by molar-refractivity contribution is 7.22. The average molecular weight is 191 g/mol. The van der Waals surface area contributed by atoms with Crippen LogP contribution in [0.3, 0.4) is 0 Å². The number of carbonyl (C=O) groups is 1. The van der Waals surface area contributed by atoms with Crippen LogP contribution in [0.4, 0.5) is 0 Å². The van der Waals surface area contributed by atoms with Gasteiger partial charge in [-0.2, -0.15) is 0 Å². The van der Waals surface area contributed by atoms with Crippen LogP contribution in [0.1, 0.15) is 13.8 Å². The normalized spacial score (nSPS) is 8.33. The Morgan fingerprint density at radius 1 is 1.50 bits per heavy atom. The number of carbonyl (C=O) groups excluding carboxylic acids is 1. The van der Waals surface area contributed by atoms with E-state index in [1.54, 1.807) is 25.5 Å². The molecule has 0 aromatic heterocycles. The van der Waals surface area contributed by atoms with Gasteiger partial charge in [-0.25, -0.2) is 0 Å². The van der Waals surface area contributed by atoms with Gasteiger partial charge in [0.25, 0.3) is 0 Å². The second kappa shape index (κ2) is 8.34. The second-order valence-electron chi connectivity index (χ2n) is 2.40. The fourth-order valence-electron chi connectivity index (χ4n) is 0.485. The van der Waals surface area contributed by atoms with Gasteiger partial charge < -0.3 is 4.90 Å². The van der Waals surface area contributed by atoms with Gasteiger partial charge in [-0.1, -0.05) is 0 Å². The minimum atomic E-state index is 0.0415. The highest BCUT2D eigenvalue weighted by Gasteiger charge is 2.03. The average Bonchev–Trinajstić information content (AvgIpc) is 1.87. The molecular formula is C7H16N2O2P+. The van der Waals surface area contributed by atoms with Crippen LogP contribution in [0.2, 0.25) is 0 Å². The number of rotatable bonds is 2. The molecular weight excluding hydrogens is 175 g/mol. The van der Waals surface area contributed by atoms with Gasteiger partial charge >= 0.3 is 0 Å². The van der Waals surface area contributed by atoms with Crippen LogP contribution >= 0.6 is 8.46 Å². The van der Waals surface area contributed by atoms with Crippen molar-refractivity contribution in [2.75, 3.05) is 20.3 Å². The van der Waals surface area contributed by atoms with E-state index in [1.807, 2.05) is 0 Å². The lowest BCUT2D eigenvalue weighted by atomic mass is 10.4. The van der Waals surface area contributed by atoms with Crippen LogP contribution in [0, 0.1) is 0 Å². The van der Waals surface area contributed by atoms with Gasteiger partial charge in [-0.15, -0.1) is 0 Å². The summed E-state index contributed by atoms with van der Waals surface area (Å²) in [7, 11) is 1.89. The monoisotopic (exact) mass is 191 g/mol. The number of nitrogens with zero attached hydrogens (tertiary/aromatic N) is 1. The summed E-state index contributed by atoms with van der Waals surface area (Å²) in [5, 5.41) is 5.35. The summed E-state index contributed by atoms with van der Waals surface area (Å²) in [6, 6.07) is 0. The van der Waals surface area contributed by atoms with Gasteiger partial charge in [0.15, 0.2) is 14.2 Å². The van der Waals surface area contributed by atoms with Crippen molar-refractivity contribution in [3.63, 3.8) is 0 Å². The molecule has 0 saturated heterocycles. The third-order valence-electron chi connectivity index (χ3n) is 1.02. The van der Waals surface area contributed by atoms with Crippen LogP contribution in [0.5, 0.6) is 0 Å². The Hall–Kier alpha value is -0.760. The van der Waals surface area contributed by atoms with Gasteiger partial charge in [0, 0.05) is 27.6 Å². The van der Waals surface area contributed by atoms with Crippen molar-refractivity contribution >= 4 is 20.1 Å². The molecule has 70 valence electrons. The van der Waals surface area contributed by atoms with E-state index in [0.29, 0.717) is 6.54 Å². The molecule has 0 aliphatic rings. The van der Waals surface area contributed by atoms with Gasteiger partial charge in [0.05, 0.1) is 6.54 Å². The van der Waals surface area contributed by atoms with Gasteiger partial charge in [-0.3, -0.25) is 14.8 Å². The number of nitrogens with two attached hydrogens (primary N) is 1. The Labute approximate surface area is 74.7 Å². The van der Waals surface area contributed by atoms with E-state index in [0.717, 1.165) is 5.71 Å². The van der Waals surface area contributed by atoms with Crippen molar-refractivity contribution in [3.05, 3.63) is 0 Å². The summed E-state index contributed by atoms with van der Waals surface area (Å²) in [5.41, 5.74) is 0.757. The zero-order valence-corrected chi connectivity index (χ0v) is 8.89. The van der Waals surface area contributed by atoms with Crippen molar-refractivity contribution in [1.29, 1.82) is 0 Å². The minimum Gasteiger partial charge on any atom is -0.336 e. The second-order valence-corrected chi connectivity index (χ2v) is 2.77. The molecule has 0 atom stereocenters. The zero-order valence-electron chi connectivity index (χ0n) is 8.00. The Morgan fingerprint density at radius 3 is 1.92 bits per heavy atom. The lowest BCUT2D eigenvalue weighted by molar-refractivity contribution is -0.131. The maximum atomic E-state index is 10.5. The molecule has 4 nitrogen and oxygen atoms in total. The molecule has 5 heteroatoms. The lowest BCUT2D eigenvalue weighted by Gasteiger charge is -2.10. The van der Waals surface area contributed by atoms with E-state index in [1.165, 1.54) is 6.92 Å². The molecule has 0 saturated carbocycles. The molecule has 2 N–H and O–H groups in total. The third kappa shape index (κ3) is 12.0. The number of hydrogen-bond donors (Lipinski definition) is 1. The molecule has 0 heterocycles. The number of amides is 1. The van der Waals surface area contributed by atoms with Crippen LogP contribution in [-0.2, 0) is 9.36 Å². The summed E-state index contributed by atoms with van der Waals surface area (Å²) in [4.78, 5) is 12.1. The smallest absolute Gasteiger partial charge is 0.219 e. The highest BCUT2D eigenvalue weighted by Crippen LogP contribution is 1.80. The molecule has 0 fully saturated rings. The van der Waals surface area contributed by atoms with Gasteiger partial charge in [0.1, 0.15) is 0 Å². The molecule has 0 aromatic carbocycles. The molecule has 0 radical (unpaired) electrons. The third-order valence-corrected chi connectivity index (χ3v) is 1.02. The quantitative estimate of drug-likeness (QED) is 0.476. The first-order valence-corrected chi connectivity index (χ1v) is 4.72. The summed E-state index contributed by atoms with van der Waals surface area (Å²) in [6.07, 6.45) is 0. The van der Waals surface area contributed by atoms with E-state index in [-0.39, 0.29) is 14.4 Å². The summed E-state index contributed by atoms with van der Waals surface area (Å²) < 4.78 is 8.90. The number of hydrogen-bond acceptors (Lipinski definition) is 2. The van der Waals surface area contributed by atoms with E-state index in [4.69, 9.17) is 9.97 Å². The summed E-state index contributed by atoms with van der Waals surface area (Å²) in [5.74, 6) is 0.0415. The standard InChI is InChI=1S/C6H12N2O.CH3OP/c1-5(7)4-8(3)6(2)9;1-3-2/h7H,4H2,1-3H3;1H3/p+1. The van der Waals surface area contributed by atoms with Gasteiger partial charge in [-0.05, 0) is 0 Å². The molecule has 0 unspecified atom stereocenters. The molecule has 12 heavy (non-hydrogen) atoms. The van der Waals surface area contributed by atoms with Crippen LogP contribution in [0.15, 0.2) is 0 Å². The van der Waals surface area contributed by atoms with E-state index >= 15 is 0 Å². The first-order chi connectivity index (χ1) is 5.45. The van der Waals surface area contributed by atoms with Crippen LogP contribution in [-0.4, -0.2) is 36.8 Å².